The lowest BCUT2D eigenvalue weighted by Crippen LogP contribution is -1.92. The molecule has 1 N–H and O–H groups in total. The minimum absolute atomic E-state index is 0.247. The average molecular weight is 302 g/mol. The van der Waals surface area contributed by atoms with Gasteiger partial charge in [-0.05, 0) is 44.9 Å². The number of hydrogen-bond donors (Lipinski definition) is 1. The molecule has 0 aliphatic heterocycles. The molecule has 0 aromatic heterocycles. The van der Waals surface area contributed by atoms with E-state index < -0.39 is 5.97 Å². The summed E-state index contributed by atoms with van der Waals surface area (Å²) in [6.45, 7) is 2.15. The topological polar surface area (TPSA) is 37.3 Å². The summed E-state index contributed by atoms with van der Waals surface area (Å²) in [7, 11) is 0. The Morgan fingerprint density at radius 1 is 0.773 bits per heavy atom. The number of rotatable bonds is 13. The third-order valence-electron chi connectivity index (χ3n) is 2.95. The third kappa shape index (κ3) is 18.2. The van der Waals surface area contributed by atoms with Crippen molar-refractivity contribution < 1.29 is 9.90 Å². The van der Waals surface area contributed by atoms with Crippen molar-refractivity contribution in [2.24, 2.45) is 0 Å². The molecule has 0 heterocycles. The van der Waals surface area contributed by atoms with Gasteiger partial charge in [-0.15, -0.1) is 0 Å². The van der Waals surface area contributed by atoms with Gasteiger partial charge in [0, 0.05) is 6.42 Å². The van der Waals surface area contributed by atoms with Crippen molar-refractivity contribution in [2.75, 3.05) is 0 Å². The van der Waals surface area contributed by atoms with E-state index >= 15 is 0 Å². The molecule has 2 nitrogen and oxygen atoms in total. The number of allylic oxidation sites excluding steroid dienone is 10. The molecule has 0 atom stereocenters. The molecule has 0 spiro atoms. The van der Waals surface area contributed by atoms with Crippen LogP contribution in [0.25, 0.3) is 0 Å². The highest BCUT2D eigenvalue weighted by Gasteiger charge is 1.92. The molecule has 0 amide bonds. The van der Waals surface area contributed by atoms with E-state index in [1.807, 2.05) is 24.3 Å². The summed E-state index contributed by atoms with van der Waals surface area (Å²) < 4.78 is 0. The normalized spacial score (nSPS) is 12.8. The maximum Gasteiger partial charge on any atom is 0.303 e. The molecule has 0 radical (unpaired) electrons. The van der Waals surface area contributed by atoms with Gasteiger partial charge in [-0.3, -0.25) is 4.79 Å². The van der Waals surface area contributed by atoms with Gasteiger partial charge in [0.05, 0.1) is 0 Å². The van der Waals surface area contributed by atoms with E-state index in [2.05, 4.69) is 43.4 Å². The van der Waals surface area contributed by atoms with Crippen LogP contribution in [0.2, 0.25) is 0 Å². The lowest BCUT2D eigenvalue weighted by atomic mass is 10.2. The second-order valence-electron chi connectivity index (χ2n) is 5.04. The Morgan fingerprint density at radius 2 is 1.36 bits per heavy atom. The van der Waals surface area contributed by atoms with Crippen molar-refractivity contribution in [3.63, 3.8) is 0 Å². The molecule has 2 heteroatoms. The van der Waals surface area contributed by atoms with Crippen molar-refractivity contribution in [3.05, 3.63) is 60.8 Å². The van der Waals surface area contributed by atoms with Crippen LogP contribution >= 0.6 is 0 Å². The van der Waals surface area contributed by atoms with Gasteiger partial charge in [0.1, 0.15) is 0 Å². The van der Waals surface area contributed by atoms with E-state index in [0.717, 1.165) is 32.1 Å². The predicted octanol–water partition coefficient (Wildman–Crippen LogP) is 5.99. The van der Waals surface area contributed by atoms with Crippen LogP contribution in [0.3, 0.4) is 0 Å². The van der Waals surface area contributed by atoms with Crippen LogP contribution < -0.4 is 0 Å². The van der Waals surface area contributed by atoms with Gasteiger partial charge < -0.3 is 5.11 Å². The summed E-state index contributed by atoms with van der Waals surface area (Å²) in [5.74, 6) is -0.723. The zero-order valence-corrected chi connectivity index (χ0v) is 13.8. The van der Waals surface area contributed by atoms with E-state index in [4.69, 9.17) is 5.11 Å². The SMILES string of the molecule is CC/C=C/C/C=C/CCC/C=C/C=C/C=C/CCCC(=O)O. The molecule has 0 saturated carbocycles. The van der Waals surface area contributed by atoms with E-state index in [0.29, 0.717) is 6.42 Å². The monoisotopic (exact) mass is 302 g/mol. The van der Waals surface area contributed by atoms with Crippen molar-refractivity contribution in [1.29, 1.82) is 0 Å². The van der Waals surface area contributed by atoms with Crippen LogP contribution in [0.4, 0.5) is 0 Å². The van der Waals surface area contributed by atoms with Crippen LogP contribution in [0.15, 0.2) is 60.8 Å². The predicted molar refractivity (Wildman–Crippen MR) is 95.9 cm³/mol. The first-order chi connectivity index (χ1) is 10.8. The van der Waals surface area contributed by atoms with Crippen LogP contribution in [-0.2, 0) is 4.79 Å². The van der Waals surface area contributed by atoms with Crippen molar-refractivity contribution in [1.82, 2.24) is 0 Å². The Labute approximate surface area is 135 Å². The largest absolute Gasteiger partial charge is 0.481 e. The zero-order valence-electron chi connectivity index (χ0n) is 13.8. The summed E-state index contributed by atoms with van der Waals surface area (Å²) in [4.78, 5) is 10.3. The summed E-state index contributed by atoms with van der Waals surface area (Å²) in [5.41, 5.74) is 0. The average Bonchev–Trinajstić information content (AvgIpc) is 2.50. The van der Waals surface area contributed by atoms with E-state index in [9.17, 15) is 4.79 Å². The molecule has 0 aliphatic carbocycles. The molecule has 0 saturated heterocycles. The van der Waals surface area contributed by atoms with E-state index in [1.54, 1.807) is 0 Å². The molecule has 0 aromatic rings. The first-order valence-corrected chi connectivity index (χ1v) is 8.27. The van der Waals surface area contributed by atoms with Crippen LogP contribution in [0.5, 0.6) is 0 Å². The first kappa shape index (κ1) is 20.2. The van der Waals surface area contributed by atoms with Gasteiger partial charge in [-0.2, -0.15) is 0 Å². The van der Waals surface area contributed by atoms with Crippen molar-refractivity contribution >= 4 is 5.97 Å². The van der Waals surface area contributed by atoms with Gasteiger partial charge in [-0.1, -0.05) is 67.7 Å². The summed E-state index contributed by atoms with van der Waals surface area (Å²) in [5, 5.41) is 8.48. The molecular formula is C20H30O2. The Morgan fingerprint density at radius 3 is 2.00 bits per heavy atom. The van der Waals surface area contributed by atoms with Gasteiger partial charge in [0.25, 0.3) is 0 Å². The number of aliphatic carboxylic acids is 1. The summed E-state index contributed by atoms with van der Waals surface area (Å²) in [6.07, 6.45) is 28.5. The fourth-order valence-corrected chi connectivity index (χ4v) is 1.76. The highest BCUT2D eigenvalue weighted by molar-refractivity contribution is 5.66. The minimum atomic E-state index is -0.723. The number of unbranched alkanes of at least 4 members (excludes halogenated alkanes) is 3. The Bertz CT molecular complexity index is 398. The highest BCUT2D eigenvalue weighted by atomic mass is 16.4. The summed E-state index contributed by atoms with van der Waals surface area (Å²) in [6, 6.07) is 0. The zero-order chi connectivity index (χ0) is 16.3. The Kier molecular flexibility index (Phi) is 15.8. The van der Waals surface area contributed by atoms with E-state index in [1.165, 1.54) is 6.42 Å². The van der Waals surface area contributed by atoms with Gasteiger partial charge in [0.15, 0.2) is 0 Å². The van der Waals surface area contributed by atoms with Crippen molar-refractivity contribution in [2.45, 2.75) is 58.3 Å². The fourth-order valence-electron chi connectivity index (χ4n) is 1.76. The molecule has 22 heavy (non-hydrogen) atoms. The molecular weight excluding hydrogens is 272 g/mol. The molecule has 0 fully saturated rings. The number of carboxylic acids is 1. The van der Waals surface area contributed by atoms with Gasteiger partial charge >= 0.3 is 5.97 Å². The minimum Gasteiger partial charge on any atom is -0.481 e. The smallest absolute Gasteiger partial charge is 0.303 e. The molecule has 0 rings (SSSR count). The number of carboxylic acid groups (broad SMARTS) is 1. The molecule has 0 aliphatic rings. The quantitative estimate of drug-likeness (QED) is 0.258. The van der Waals surface area contributed by atoms with Gasteiger partial charge in [-0.25, -0.2) is 0 Å². The maximum atomic E-state index is 10.3. The molecule has 0 unspecified atom stereocenters. The number of carbonyl (C=O) groups is 1. The standard InChI is InChI=1S/C20H30O2/c1-2-3-4-5-6-7-8-9-10-11-12-13-14-15-16-17-18-19-20(21)22/h3-4,6-7,11-16H,2,5,8-10,17-19H2,1H3,(H,21,22)/b4-3+,7-6+,12-11+,14-13+,16-15+. The van der Waals surface area contributed by atoms with Crippen LogP contribution in [-0.4, -0.2) is 11.1 Å². The Balaban J connectivity index is 3.46. The van der Waals surface area contributed by atoms with E-state index in [-0.39, 0.29) is 6.42 Å². The highest BCUT2D eigenvalue weighted by Crippen LogP contribution is 2.00. The fraction of sp³-hybridized carbons (Fsp3) is 0.450. The first-order valence-electron chi connectivity index (χ1n) is 8.27. The third-order valence-corrected chi connectivity index (χ3v) is 2.95. The molecule has 122 valence electrons. The van der Waals surface area contributed by atoms with Crippen LogP contribution in [0, 0.1) is 0 Å². The lowest BCUT2D eigenvalue weighted by Gasteiger charge is -1.89. The second kappa shape index (κ2) is 17.2. The number of hydrogen-bond acceptors (Lipinski definition) is 1. The molecule has 0 bridgehead atoms. The Hall–Kier alpha value is -1.83. The second-order valence-corrected chi connectivity index (χ2v) is 5.04. The lowest BCUT2D eigenvalue weighted by molar-refractivity contribution is -0.137. The maximum absolute atomic E-state index is 10.3. The molecule has 0 aromatic carbocycles. The van der Waals surface area contributed by atoms with Crippen LogP contribution in [0.1, 0.15) is 58.3 Å². The summed E-state index contributed by atoms with van der Waals surface area (Å²) >= 11 is 0. The van der Waals surface area contributed by atoms with Gasteiger partial charge in [0.2, 0.25) is 0 Å². The van der Waals surface area contributed by atoms with Crippen molar-refractivity contribution in [3.8, 4) is 0 Å².